The second kappa shape index (κ2) is 6.86. The third-order valence-corrected chi connectivity index (χ3v) is 3.35. The Bertz CT molecular complexity index is 428. The Morgan fingerprint density at radius 2 is 2.21 bits per heavy atom. The molecule has 1 amide bonds. The lowest BCUT2D eigenvalue weighted by Crippen LogP contribution is -2.37. The van der Waals surface area contributed by atoms with Gasteiger partial charge in [-0.15, -0.1) is 0 Å². The Kier molecular flexibility index (Phi) is 5.15. The molecule has 1 aromatic rings. The van der Waals surface area contributed by atoms with Crippen LogP contribution in [0, 0.1) is 5.82 Å². The van der Waals surface area contributed by atoms with Gasteiger partial charge in [-0.1, -0.05) is 15.9 Å². The average molecular weight is 331 g/mol. The summed E-state index contributed by atoms with van der Waals surface area (Å²) in [5.41, 5.74) is 0. The number of hydrogen-bond acceptors (Lipinski definition) is 3. The molecule has 1 N–H and O–H groups in total. The van der Waals surface area contributed by atoms with Crippen molar-refractivity contribution in [2.24, 2.45) is 0 Å². The molecular weight excluding hydrogens is 315 g/mol. The van der Waals surface area contributed by atoms with Gasteiger partial charge in [0.1, 0.15) is 11.6 Å². The number of benzene rings is 1. The maximum Gasteiger partial charge on any atom is 0.260 e. The average Bonchev–Trinajstić information content (AvgIpc) is 2.63. The Hall–Kier alpha value is -1.14. The number of halogens is 2. The molecule has 1 aromatic carbocycles. The summed E-state index contributed by atoms with van der Waals surface area (Å²) >= 11 is 3.18. The van der Waals surface area contributed by atoms with E-state index >= 15 is 0 Å². The van der Waals surface area contributed by atoms with Crippen molar-refractivity contribution in [1.29, 1.82) is 0 Å². The van der Waals surface area contributed by atoms with Crippen molar-refractivity contribution in [2.75, 3.05) is 32.8 Å². The molecule has 104 valence electrons. The zero-order chi connectivity index (χ0) is 13.7. The van der Waals surface area contributed by atoms with Crippen LogP contribution in [-0.2, 0) is 4.79 Å². The van der Waals surface area contributed by atoms with E-state index in [2.05, 4.69) is 21.2 Å². The van der Waals surface area contributed by atoms with Gasteiger partial charge < -0.3 is 15.0 Å². The first-order chi connectivity index (χ1) is 9.15. The SMILES string of the molecule is O=C(COc1cc(F)cc(Br)c1)N1CCCNCC1. The number of nitrogens with one attached hydrogen (secondary N) is 1. The van der Waals surface area contributed by atoms with E-state index in [1.165, 1.54) is 12.1 Å². The minimum Gasteiger partial charge on any atom is -0.484 e. The van der Waals surface area contributed by atoms with Gasteiger partial charge in [-0.05, 0) is 25.1 Å². The lowest BCUT2D eigenvalue weighted by Gasteiger charge is -2.20. The van der Waals surface area contributed by atoms with Crippen molar-refractivity contribution >= 4 is 21.8 Å². The highest BCUT2D eigenvalue weighted by Crippen LogP contribution is 2.20. The number of nitrogens with zero attached hydrogens (tertiary/aromatic N) is 1. The molecule has 2 rings (SSSR count). The maximum atomic E-state index is 13.1. The standard InChI is InChI=1S/C13H16BrFN2O2/c14-10-6-11(15)8-12(7-10)19-9-13(18)17-4-1-2-16-3-5-17/h6-8,16H,1-5,9H2. The smallest absolute Gasteiger partial charge is 0.260 e. The lowest BCUT2D eigenvalue weighted by atomic mass is 10.3. The van der Waals surface area contributed by atoms with E-state index in [9.17, 15) is 9.18 Å². The van der Waals surface area contributed by atoms with Crippen LogP contribution in [0.4, 0.5) is 4.39 Å². The molecule has 1 heterocycles. The zero-order valence-corrected chi connectivity index (χ0v) is 12.1. The van der Waals surface area contributed by atoms with Gasteiger partial charge in [0.05, 0.1) is 0 Å². The fourth-order valence-electron chi connectivity index (χ4n) is 1.94. The van der Waals surface area contributed by atoms with Crippen molar-refractivity contribution in [3.05, 3.63) is 28.5 Å². The molecule has 0 saturated carbocycles. The number of ether oxygens (including phenoxy) is 1. The molecule has 19 heavy (non-hydrogen) atoms. The number of carbonyl (C=O) groups is 1. The van der Waals surface area contributed by atoms with Gasteiger partial charge in [0.25, 0.3) is 5.91 Å². The van der Waals surface area contributed by atoms with Gasteiger partial charge in [-0.3, -0.25) is 4.79 Å². The van der Waals surface area contributed by atoms with Crippen LogP contribution >= 0.6 is 15.9 Å². The second-order valence-corrected chi connectivity index (χ2v) is 5.29. The van der Waals surface area contributed by atoms with Gasteiger partial charge in [-0.2, -0.15) is 0 Å². The van der Waals surface area contributed by atoms with Crippen LogP contribution in [-0.4, -0.2) is 43.6 Å². The molecule has 0 atom stereocenters. The van der Waals surface area contributed by atoms with Gasteiger partial charge in [0, 0.05) is 30.2 Å². The quantitative estimate of drug-likeness (QED) is 0.918. The van der Waals surface area contributed by atoms with E-state index in [0.717, 1.165) is 26.1 Å². The predicted molar refractivity (Wildman–Crippen MR) is 73.7 cm³/mol. The van der Waals surface area contributed by atoms with E-state index in [1.807, 2.05) is 0 Å². The molecule has 1 saturated heterocycles. The first kappa shape index (κ1) is 14.3. The number of hydrogen-bond donors (Lipinski definition) is 1. The largest absolute Gasteiger partial charge is 0.484 e. The summed E-state index contributed by atoms with van der Waals surface area (Å²) in [6, 6.07) is 4.25. The highest BCUT2D eigenvalue weighted by Gasteiger charge is 2.15. The van der Waals surface area contributed by atoms with Crippen LogP contribution in [0.15, 0.2) is 22.7 Å². The summed E-state index contributed by atoms with van der Waals surface area (Å²) in [4.78, 5) is 13.7. The molecule has 0 aliphatic carbocycles. The molecule has 1 aliphatic heterocycles. The van der Waals surface area contributed by atoms with Crippen LogP contribution in [0.2, 0.25) is 0 Å². The summed E-state index contributed by atoms with van der Waals surface area (Å²) in [6.45, 7) is 3.10. The highest BCUT2D eigenvalue weighted by atomic mass is 79.9. The minimum absolute atomic E-state index is 0.0596. The zero-order valence-electron chi connectivity index (χ0n) is 10.5. The molecule has 0 spiro atoms. The second-order valence-electron chi connectivity index (χ2n) is 4.38. The topological polar surface area (TPSA) is 41.6 Å². The van der Waals surface area contributed by atoms with Crippen LogP contribution < -0.4 is 10.1 Å². The van der Waals surface area contributed by atoms with E-state index < -0.39 is 5.82 Å². The number of carbonyl (C=O) groups excluding carboxylic acids is 1. The molecule has 4 nitrogen and oxygen atoms in total. The third kappa shape index (κ3) is 4.47. The van der Waals surface area contributed by atoms with E-state index in [4.69, 9.17) is 4.74 Å². The Labute approximate surface area is 120 Å². The Morgan fingerprint density at radius 1 is 1.37 bits per heavy atom. The monoisotopic (exact) mass is 330 g/mol. The normalized spacial score (nSPS) is 16.0. The number of amides is 1. The Balaban J connectivity index is 1.88. The molecule has 6 heteroatoms. The number of rotatable bonds is 3. The van der Waals surface area contributed by atoms with E-state index in [0.29, 0.717) is 16.8 Å². The van der Waals surface area contributed by atoms with Crippen LogP contribution in [0.3, 0.4) is 0 Å². The molecule has 0 radical (unpaired) electrons. The summed E-state index contributed by atoms with van der Waals surface area (Å²) in [5.74, 6) is -0.104. The summed E-state index contributed by atoms with van der Waals surface area (Å²) in [6.07, 6.45) is 0.942. The summed E-state index contributed by atoms with van der Waals surface area (Å²) in [5, 5.41) is 3.23. The minimum atomic E-state index is -0.393. The van der Waals surface area contributed by atoms with Crippen LogP contribution in [0.5, 0.6) is 5.75 Å². The Morgan fingerprint density at radius 3 is 3.00 bits per heavy atom. The fourth-order valence-corrected chi connectivity index (χ4v) is 2.39. The molecule has 0 unspecified atom stereocenters. The summed E-state index contributed by atoms with van der Waals surface area (Å²) < 4.78 is 19.1. The molecule has 1 fully saturated rings. The van der Waals surface area contributed by atoms with E-state index in [1.54, 1.807) is 11.0 Å². The van der Waals surface area contributed by atoms with Gasteiger partial charge in [-0.25, -0.2) is 4.39 Å². The van der Waals surface area contributed by atoms with Crippen molar-refractivity contribution in [2.45, 2.75) is 6.42 Å². The van der Waals surface area contributed by atoms with Crippen molar-refractivity contribution < 1.29 is 13.9 Å². The third-order valence-electron chi connectivity index (χ3n) is 2.89. The van der Waals surface area contributed by atoms with Crippen LogP contribution in [0.1, 0.15) is 6.42 Å². The van der Waals surface area contributed by atoms with Gasteiger partial charge in [0.15, 0.2) is 6.61 Å². The molecular formula is C13H16BrFN2O2. The van der Waals surface area contributed by atoms with Crippen molar-refractivity contribution in [3.63, 3.8) is 0 Å². The fraction of sp³-hybridized carbons (Fsp3) is 0.462. The maximum absolute atomic E-state index is 13.1. The first-order valence-corrected chi connectivity index (χ1v) is 7.02. The molecule has 0 bridgehead atoms. The summed E-state index contributed by atoms with van der Waals surface area (Å²) in [7, 11) is 0. The van der Waals surface area contributed by atoms with Crippen molar-refractivity contribution in [3.8, 4) is 5.75 Å². The van der Waals surface area contributed by atoms with Crippen molar-refractivity contribution in [1.82, 2.24) is 10.2 Å². The van der Waals surface area contributed by atoms with E-state index in [-0.39, 0.29) is 12.5 Å². The first-order valence-electron chi connectivity index (χ1n) is 6.22. The van der Waals surface area contributed by atoms with Gasteiger partial charge in [0.2, 0.25) is 0 Å². The highest BCUT2D eigenvalue weighted by molar-refractivity contribution is 9.10. The molecule has 1 aliphatic rings. The van der Waals surface area contributed by atoms with Gasteiger partial charge >= 0.3 is 0 Å². The molecule has 0 aromatic heterocycles. The predicted octanol–water partition coefficient (Wildman–Crippen LogP) is 1.79. The lowest BCUT2D eigenvalue weighted by molar-refractivity contribution is -0.133. The van der Waals surface area contributed by atoms with Crippen LogP contribution in [0.25, 0.3) is 0 Å².